The lowest BCUT2D eigenvalue weighted by atomic mass is 10.0. The summed E-state index contributed by atoms with van der Waals surface area (Å²) in [5.41, 5.74) is 1.52. The van der Waals surface area contributed by atoms with Crippen molar-refractivity contribution >= 4 is 5.95 Å². The molecular formula is C16H17N5O2. The van der Waals surface area contributed by atoms with E-state index in [9.17, 15) is 10.2 Å². The summed E-state index contributed by atoms with van der Waals surface area (Å²) in [6, 6.07) is 15.6. The average Bonchev–Trinajstić information content (AvgIpc) is 3.04. The highest BCUT2D eigenvalue weighted by molar-refractivity contribution is 5.39. The first-order valence-electron chi connectivity index (χ1n) is 7.22. The van der Waals surface area contributed by atoms with E-state index >= 15 is 0 Å². The van der Waals surface area contributed by atoms with Crippen LogP contribution in [-0.2, 0) is 0 Å². The predicted octanol–water partition coefficient (Wildman–Crippen LogP) is 1.90. The highest BCUT2D eigenvalue weighted by atomic mass is 16.3. The Hall–Kier alpha value is -2.93. The van der Waals surface area contributed by atoms with Gasteiger partial charge in [-0.2, -0.15) is 4.68 Å². The Labute approximate surface area is 133 Å². The van der Waals surface area contributed by atoms with Gasteiger partial charge in [0.1, 0.15) is 5.75 Å². The highest BCUT2D eigenvalue weighted by Crippen LogP contribution is 2.22. The van der Waals surface area contributed by atoms with E-state index in [1.807, 2.05) is 37.3 Å². The molecule has 7 heteroatoms. The van der Waals surface area contributed by atoms with Crippen molar-refractivity contribution in [3.8, 4) is 11.4 Å². The molecule has 2 atom stereocenters. The maximum absolute atomic E-state index is 10.4. The van der Waals surface area contributed by atoms with Gasteiger partial charge < -0.3 is 15.5 Å². The van der Waals surface area contributed by atoms with Crippen LogP contribution in [0.15, 0.2) is 54.6 Å². The number of phenolic OH excluding ortho intramolecular Hbond substituents is 1. The van der Waals surface area contributed by atoms with E-state index in [1.54, 1.807) is 28.9 Å². The number of tetrazole rings is 1. The van der Waals surface area contributed by atoms with Crippen LogP contribution in [0.2, 0.25) is 0 Å². The first-order chi connectivity index (χ1) is 11.1. The van der Waals surface area contributed by atoms with Gasteiger partial charge in [0.05, 0.1) is 17.8 Å². The molecule has 3 N–H and O–H groups in total. The summed E-state index contributed by atoms with van der Waals surface area (Å²) < 4.78 is 1.57. The van der Waals surface area contributed by atoms with E-state index < -0.39 is 6.10 Å². The molecule has 0 aliphatic heterocycles. The number of aromatic nitrogens is 4. The number of para-hydroxylation sites is 1. The van der Waals surface area contributed by atoms with Crippen molar-refractivity contribution in [1.29, 1.82) is 0 Å². The Balaban J connectivity index is 1.77. The van der Waals surface area contributed by atoms with Crippen LogP contribution in [0.1, 0.15) is 18.6 Å². The van der Waals surface area contributed by atoms with Crippen molar-refractivity contribution in [1.82, 2.24) is 20.2 Å². The normalized spacial score (nSPS) is 13.5. The van der Waals surface area contributed by atoms with Crippen molar-refractivity contribution in [3.05, 3.63) is 60.2 Å². The number of aliphatic hydroxyl groups is 1. The van der Waals surface area contributed by atoms with Gasteiger partial charge in [-0.3, -0.25) is 0 Å². The van der Waals surface area contributed by atoms with E-state index in [-0.39, 0.29) is 11.8 Å². The molecule has 0 saturated heterocycles. The van der Waals surface area contributed by atoms with Crippen molar-refractivity contribution in [2.75, 3.05) is 5.32 Å². The van der Waals surface area contributed by atoms with Crippen molar-refractivity contribution < 1.29 is 10.2 Å². The van der Waals surface area contributed by atoms with Crippen LogP contribution in [0.25, 0.3) is 5.69 Å². The zero-order valence-electron chi connectivity index (χ0n) is 12.5. The van der Waals surface area contributed by atoms with Gasteiger partial charge in [0.25, 0.3) is 0 Å². The average molecular weight is 311 g/mol. The minimum Gasteiger partial charge on any atom is -0.508 e. The smallest absolute Gasteiger partial charge is 0.248 e. The summed E-state index contributed by atoms with van der Waals surface area (Å²) in [6.07, 6.45) is -0.767. The fourth-order valence-corrected chi connectivity index (χ4v) is 2.26. The molecule has 3 rings (SSSR count). The molecule has 0 amide bonds. The number of nitrogens with one attached hydrogen (secondary N) is 1. The molecule has 0 fully saturated rings. The van der Waals surface area contributed by atoms with Crippen LogP contribution >= 0.6 is 0 Å². The Morgan fingerprint density at radius 2 is 1.74 bits per heavy atom. The molecule has 0 aliphatic carbocycles. The number of nitrogens with zero attached hydrogens (tertiary/aromatic N) is 4. The summed E-state index contributed by atoms with van der Waals surface area (Å²) in [4.78, 5) is 0. The number of rotatable bonds is 5. The molecule has 0 bridgehead atoms. The zero-order valence-corrected chi connectivity index (χ0v) is 12.5. The summed E-state index contributed by atoms with van der Waals surface area (Å²) >= 11 is 0. The number of hydrogen-bond donors (Lipinski definition) is 3. The van der Waals surface area contributed by atoms with Crippen LogP contribution in [0, 0.1) is 0 Å². The molecule has 23 heavy (non-hydrogen) atoms. The molecule has 7 nitrogen and oxygen atoms in total. The summed E-state index contributed by atoms with van der Waals surface area (Å²) in [6.45, 7) is 1.83. The van der Waals surface area contributed by atoms with E-state index in [0.717, 1.165) is 5.69 Å². The second-order valence-corrected chi connectivity index (χ2v) is 5.22. The van der Waals surface area contributed by atoms with Gasteiger partial charge in [0.2, 0.25) is 5.95 Å². The molecule has 118 valence electrons. The van der Waals surface area contributed by atoms with Crippen LogP contribution in [0.4, 0.5) is 5.95 Å². The lowest BCUT2D eigenvalue weighted by Gasteiger charge is -2.20. The highest BCUT2D eigenvalue weighted by Gasteiger charge is 2.19. The van der Waals surface area contributed by atoms with Crippen LogP contribution in [0.5, 0.6) is 5.75 Å². The second kappa shape index (κ2) is 6.45. The fourth-order valence-electron chi connectivity index (χ4n) is 2.26. The number of hydrogen-bond acceptors (Lipinski definition) is 6. The van der Waals surface area contributed by atoms with Crippen molar-refractivity contribution in [2.45, 2.75) is 19.1 Å². The third kappa shape index (κ3) is 3.29. The van der Waals surface area contributed by atoms with Crippen LogP contribution < -0.4 is 5.32 Å². The molecule has 0 saturated carbocycles. The van der Waals surface area contributed by atoms with Crippen molar-refractivity contribution in [2.24, 2.45) is 0 Å². The maximum atomic E-state index is 10.4. The van der Waals surface area contributed by atoms with E-state index in [2.05, 4.69) is 20.8 Å². The van der Waals surface area contributed by atoms with E-state index in [4.69, 9.17) is 0 Å². The molecule has 3 aromatic rings. The number of aromatic hydroxyl groups is 1. The number of phenols is 1. The second-order valence-electron chi connectivity index (χ2n) is 5.22. The number of aliphatic hydroxyl groups excluding tert-OH is 1. The van der Waals surface area contributed by atoms with E-state index in [1.165, 1.54) is 0 Å². The zero-order chi connectivity index (χ0) is 16.2. The molecule has 0 radical (unpaired) electrons. The van der Waals surface area contributed by atoms with Crippen molar-refractivity contribution in [3.63, 3.8) is 0 Å². The van der Waals surface area contributed by atoms with Crippen LogP contribution in [0.3, 0.4) is 0 Å². The Morgan fingerprint density at radius 1 is 1.04 bits per heavy atom. The molecule has 1 heterocycles. The minimum absolute atomic E-state index is 0.162. The lowest BCUT2D eigenvalue weighted by molar-refractivity contribution is 0.160. The van der Waals surface area contributed by atoms with Gasteiger partial charge >= 0.3 is 0 Å². The first-order valence-corrected chi connectivity index (χ1v) is 7.22. The summed E-state index contributed by atoms with van der Waals surface area (Å²) in [7, 11) is 0. The SMILES string of the molecule is C[C@@H](Nc1nnnn1-c1ccccc1)[C@H](O)c1ccc(O)cc1. The Bertz CT molecular complexity index is 758. The predicted molar refractivity (Wildman–Crippen MR) is 85.3 cm³/mol. The largest absolute Gasteiger partial charge is 0.508 e. The maximum Gasteiger partial charge on any atom is 0.248 e. The van der Waals surface area contributed by atoms with Gasteiger partial charge in [-0.1, -0.05) is 35.4 Å². The molecule has 0 spiro atoms. The summed E-state index contributed by atoms with van der Waals surface area (Å²) in [5, 5.41) is 34.5. The molecule has 1 aromatic heterocycles. The first kappa shape index (κ1) is 15.0. The lowest BCUT2D eigenvalue weighted by Crippen LogP contribution is -2.25. The van der Waals surface area contributed by atoms with Gasteiger partial charge in [0.15, 0.2) is 0 Å². The molecule has 0 aliphatic rings. The number of anilines is 1. The molecule has 2 aromatic carbocycles. The molecular weight excluding hydrogens is 294 g/mol. The van der Waals surface area contributed by atoms with Gasteiger partial charge in [0, 0.05) is 0 Å². The van der Waals surface area contributed by atoms with Gasteiger partial charge in [-0.05, 0) is 47.2 Å². The van der Waals surface area contributed by atoms with E-state index in [0.29, 0.717) is 11.5 Å². The fraction of sp³-hybridized carbons (Fsp3) is 0.188. The standard InChI is InChI=1S/C16H17N5O2/c1-11(15(23)12-7-9-14(22)10-8-12)17-16-18-19-20-21(16)13-5-3-2-4-6-13/h2-11,15,22-23H,1H3,(H,17,18,20)/t11-,15+/m1/s1. The monoisotopic (exact) mass is 311 g/mol. The third-order valence-corrected chi connectivity index (χ3v) is 3.54. The molecule has 0 unspecified atom stereocenters. The van der Waals surface area contributed by atoms with Gasteiger partial charge in [-0.25, -0.2) is 0 Å². The van der Waals surface area contributed by atoms with Gasteiger partial charge in [-0.15, -0.1) is 0 Å². The quantitative estimate of drug-likeness (QED) is 0.666. The third-order valence-electron chi connectivity index (χ3n) is 3.54. The minimum atomic E-state index is -0.767. The topological polar surface area (TPSA) is 96.1 Å². The Kier molecular flexibility index (Phi) is 4.20. The van der Waals surface area contributed by atoms with Crippen LogP contribution in [-0.4, -0.2) is 36.5 Å². The Morgan fingerprint density at radius 3 is 2.43 bits per heavy atom. The number of benzene rings is 2. The summed E-state index contributed by atoms with van der Waals surface area (Å²) in [5.74, 6) is 0.608.